The number of rotatable bonds is 2. The third-order valence-corrected chi connectivity index (χ3v) is 12.1. The molecule has 0 spiro atoms. The summed E-state index contributed by atoms with van der Waals surface area (Å²) in [5, 5.41) is 5.19. The number of benzene rings is 7. The first-order valence-electron chi connectivity index (χ1n) is 17.8. The van der Waals surface area contributed by atoms with E-state index in [1.807, 2.05) is 0 Å². The minimum absolute atomic E-state index is 0.0585. The van der Waals surface area contributed by atoms with Crippen LogP contribution in [-0.4, -0.2) is 9.13 Å². The van der Waals surface area contributed by atoms with E-state index in [-0.39, 0.29) is 10.8 Å². The molecular weight excluding hydrogens is 605 g/mol. The summed E-state index contributed by atoms with van der Waals surface area (Å²) in [6.45, 7) is 9.55. The Bertz CT molecular complexity index is 2870. The lowest BCUT2D eigenvalue weighted by Gasteiger charge is -2.23. The topological polar surface area (TPSA) is 9.86 Å². The van der Waals surface area contributed by atoms with Crippen LogP contribution in [0.1, 0.15) is 49.9 Å². The first-order valence-corrected chi connectivity index (χ1v) is 17.8. The van der Waals surface area contributed by atoms with Gasteiger partial charge in [-0.15, -0.1) is 0 Å². The Morgan fingerprint density at radius 3 is 1.32 bits per heavy atom. The Balaban J connectivity index is 1.10. The van der Waals surface area contributed by atoms with Crippen LogP contribution in [0, 0.1) is 0 Å². The fourth-order valence-electron chi connectivity index (χ4n) is 9.63. The summed E-state index contributed by atoms with van der Waals surface area (Å²) in [7, 11) is 0. The Hall–Kier alpha value is -5.86. The average molecular weight is 641 g/mol. The summed E-state index contributed by atoms with van der Waals surface area (Å²) < 4.78 is 4.94. The summed E-state index contributed by atoms with van der Waals surface area (Å²) in [4.78, 5) is 0. The molecule has 0 aliphatic heterocycles. The molecular formula is C48H36N2. The van der Waals surface area contributed by atoms with Crippen molar-refractivity contribution in [2.45, 2.75) is 38.5 Å². The maximum absolute atomic E-state index is 2.51. The lowest BCUT2D eigenvalue weighted by Crippen LogP contribution is -2.16. The minimum atomic E-state index is -0.168. The Morgan fingerprint density at radius 2 is 0.740 bits per heavy atom. The molecule has 2 nitrogen and oxygen atoms in total. The van der Waals surface area contributed by atoms with Crippen molar-refractivity contribution in [1.29, 1.82) is 0 Å². The summed E-state index contributed by atoms with van der Waals surface area (Å²) >= 11 is 0. The molecule has 2 aliphatic rings. The van der Waals surface area contributed by atoms with E-state index in [0.717, 1.165) is 0 Å². The second-order valence-electron chi connectivity index (χ2n) is 15.4. The molecule has 0 N–H and O–H groups in total. The van der Waals surface area contributed by atoms with Crippen molar-refractivity contribution in [3.05, 3.63) is 168 Å². The predicted molar refractivity (Wildman–Crippen MR) is 210 cm³/mol. The Labute approximate surface area is 291 Å². The SMILES string of the molecule is CC1(C)c2cc(-n3c4ccccc4c4ccccc43)ccc2-c2ccc(-n3c4ccccc4c4cc5c(cc43)C(C)(C)c3ccccc3-5)cc21. The summed E-state index contributed by atoms with van der Waals surface area (Å²) in [6.07, 6.45) is 0. The summed E-state index contributed by atoms with van der Waals surface area (Å²) in [5.41, 5.74) is 18.2. The first kappa shape index (κ1) is 28.0. The number of hydrogen-bond donors (Lipinski definition) is 0. The zero-order valence-corrected chi connectivity index (χ0v) is 28.8. The van der Waals surface area contributed by atoms with Gasteiger partial charge in [0.25, 0.3) is 0 Å². The Morgan fingerprint density at radius 1 is 0.320 bits per heavy atom. The summed E-state index contributed by atoms with van der Waals surface area (Å²) in [6, 6.07) is 54.6. The maximum atomic E-state index is 2.51. The van der Waals surface area contributed by atoms with Gasteiger partial charge in [-0.1, -0.05) is 119 Å². The van der Waals surface area contributed by atoms with Gasteiger partial charge in [-0.05, 0) is 99.1 Å². The maximum Gasteiger partial charge on any atom is 0.0544 e. The van der Waals surface area contributed by atoms with Crippen LogP contribution in [0.5, 0.6) is 0 Å². The minimum Gasteiger partial charge on any atom is -0.309 e. The van der Waals surface area contributed by atoms with Gasteiger partial charge in [0.1, 0.15) is 0 Å². The van der Waals surface area contributed by atoms with Gasteiger partial charge in [-0.25, -0.2) is 0 Å². The normalized spacial score (nSPS) is 15.1. The van der Waals surface area contributed by atoms with E-state index in [1.54, 1.807) is 0 Å². The van der Waals surface area contributed by atoms with Crippen LogP contribution >= 0.6 is 0 Å². The van der Waals surface area contributed by atoms with Gasteiger partial charge in [0, 0.05) is 43.7 Å². The van der Waals surface area contributed by atoms with Crippen molar-refractivity contribution in [3.8, 4) is 33.6 Å². The third kappa shape index (κ3) is 3.43. The molecule has 2 aromatic heterocycles. The van der Waals surface area contributed by atoms with Gasteiger partial charge in [0.05, 0.1) is 22.1 Å². The molecule has 0 fully saturated rings. The molecule has 11 rings (SSSR count). The van der Waals surface area contributed by atoms with E-state index in [0.29, 0.717) is 0 Å². The standard InChI is InChI=1S/C48H36N2/c1-47(2)39-17-9-5-13-31(39)37-27-38-36-16-8-12-20-45(36)50(46(38)28-42(37)47)30-22-24-33-32-23-21-29(25-40(32)48(3,4)41(33)26-30)49-43-18-10-6-14-34(43)35-15-7-11-19-44(35)49/h5-28H,1-4H3. The second-order valence-corrected chi connectivity index (χ2v) is 15.4. The number of para-hydroxylation sites is 3. The molecule has 0 bridgehead atoms. The van der Waals surface area contributed by atoms with Gasteiger partial charge in [-0.2, -0.15) is 0 Å². The highest BCUT2D eigenvalue weighted by Crippen LogP contribution is 2.53. The lowest BCUT2D eigenvalue weighted by molar-refractivity contribution is 0.659. The lowest BCUT2D eigenvalue weighted by atomic mass is 9.82. The quantitative estimate of drug-likeness (QED) is 0.178. The number of nitrogens with zero attached hydrogens (tertiary/aromatic N) is 2. The molecule has 7 aromatic carbocycles. The molecule has 2 heterocycles. The fourth-order valence-corrected chi connectivity index (χ4v) is 9.63. The van der Waals surface area contributed by atoms with Gasteiger partial charge in [-0.3, -0.25) is 0 Å². The fraction of sp³-hybridized carbons (Fsp3) is 0.125. The highest BCUT2D eigenvalue weighted by Gasteiger charge is 2.38. The summed E-state index contributed by atoms with van der Waals surface area (Å²) in [5.74, 6) is 0. The molecule has 2 heteroatoms. The molecule has 0 unspecified atom stereocenters. The molecule has 2 aliphatic carbocycles. The highest BCUT2D eigenvalue weighted by molar-refractivity contribution is 6.12. The molecule has 0 atom stereocenters. The van der Waals surface area contributed by atoms with Crippen molar-refractivity contribution >= 4 is 43.6 Å². The smallest absolute Gasteiger partial charge is 0.0544 e. The largest absolute Gasteiger partial charge is 0.309 e. The van der Waals surface area contributed by atoms with E-state index in [4.69, 9.17) is 0 Å². The Kier molecular flexibility index (Phi) is 5.28. The second kappa shape index (κ2) is 9.43. The van der Waals surface area contributed by atoms with Crippen LogP contribution in [0.4, 0.5) is 0 Å². The molecule has 0 saturated carbocycles. The van der Waals surface area contributed by atoms with Crippen LogP contribution in [0.3, 0.4) is 0 Å². The van der Waals surface area contributed by atoms with Gasteiger partial charge >= 0.3 is 0 Å². The van der Waals surface area contributed by atoms with Gasteiger partial charge in [0.15, 0.2) is 0 Å². The molecule has 238 valence electrons. The van der Waals surface area contributed by atoms with E-state index < -0.39 is 0 Å². The molecule has 0 amide bonds. The van der Waals surface area contributed by atoms with Gasteiger partial charge in [0.2, 0.25) is 0 Å². The van der Waals surface area contributed by atoms with Crippen LogP contribution in [-0.2, 0) is 10.8 Å². The first-order chi connectivity index (χ1) is 24.3. The van der Waals surface area contributed by atoms with E-state index in [2.05, 4.69) is 182 Å². The van der Waals surface area contributed by atoms with Crippen LogP contribution in [0.25, 0.3) is 77.2 Å². The number of aromatic nitrogens is 2. The van der Waals surface area contributed by atoms with Crippen LogP contribution in [0.2, 0.25) is 0 Å². The zero-order chi connectivity index (χ0) is 33.5. The monoisotopic (exact) mass is 640 g/mol. The van der Waals surface area contributed by atoms with E-state index >= 15 is 0 Å². The van der Waals surface area contributed by atoms with Crippen molar-refractivity contribution in [1.82, 2.24) is 9.13 Å². The zero-order valence-electron chi connectivity index (χ0n) is 28.8. The van der Waals surface area contributed by atoms with Gasteiger partial charge < -0.3 is 9.13 Å². The van der Waals surface area contributed by atoms with Crippen molar-refractivity contribution in [2.75, 3.05) is 0 Å². The molecule has 9 aromatic rings. The van der Waals surface area contributed by atoms with Crippen LogP contribution in [0.15, 0.2) is 146 Å². The average Bonchev–Trinajstić information content (AvgIpc) is 3.80. The third-order valence-electron chi connectivity index (χ3n) is 12.1. The molecule has 50 heavy (non-hydrogen) atoms. The molecule has 0 saturated heterocycles. The van der Waals surface area contributed by atoms with E-state index in [9.17, 15) is 0 Å². The van der Waals surface area contributed by atoms with E-state index in [1.165, 1.54) is 99.5 Å². The molecule has 0 radical (unpaired) electrons. The van der Waals surface area contributed by atoms with Crippen molar-refractivity contribution < 1.29 is 0 Å². The predicted octanol–water partition coefficient (Wildman–Crippen LogP) is 12.5. The van der Waals surface area contributed by atoms with Crippen LogP contribution < -0.4 is 0 Å². The highest BCUT2D eigenvalue weighted by atomic mass is 15.0. The van der Waals surface area contributed by atoms with Crippen molar-refractivity contribution in [2.24, 2.45) is 0 Å². The van der Waals surface area contributed by atoms with Crippen molar-refractivity contribution in [3.63, 3.8) is 0 Å². The number of fused-ring (bicyclic) bond motifs is 12. The number of hydrogen-bond acceptors (Lipinski definition) is 0.